The monoisotopic (exact) mass is 298 g/mol. The second-order valence-electron chi connectivity index (χ2n) is 4.56. The molecule has 0 aliphatic heterocycles. The standard InChI is InChI=1S/C14H19FN2O4/c1-4-17(8-9(2)13(18)19)14(20)16-10-5-6-12(21-3)11(15)7-10/h5-7,9H,4,8H2,1-3H3,(H,16,20)(H,18,19). The van der Waals surface area contributed by atoms with Gasteiger partial charge in [0, 0.05) is 24.8 Å². The van der Waals surface area contributed by atoms with Crippen LogP contribution in [0.15, 0.2) is 18.2 Å². The van der Waals surface area contributed by atoms with E-state index >= 15 is 0 Å². The molecule has 6 nitrogen and oxygen atoms in total. The summed E-state index contributed by atoms with van der Waals surface area (Å²) >= 11 is 0. The van der Waals surface area contributed by atoms with Gasteiger partial charge in [-0.2, -0.15) is 0 Å². The van der Waals surface area contributed by atoms with Crippen molar-refractivity contribution >= 4 is 17.7 Å². The Labute approximate surface area is 122 Å². The third-order valence-corrected chi connectivity index (χ3v) is 2.99. The lowest BCUT2D eigenvalue weighted by Crippen LogP contribution is -2.39. The number of hydrogen-bond donors (Lipinski definition) is 2. The highest BCUT2D eigenvalue weighted by molar-refractivity contribution is 5.89. The number of anilines is 1. The minimum atomic E-state index is -0.975. The number of ether oxygens (including phenoxy) is 1. The van der Waals surface area contributed by atoms with Gasteiger partial charge < -0.3 is 20.1 Å². The zero-order valence-corrected chi connectivity index (χ0v) is 12.2. The molecule has 1 unspecified atom stereocenters. The number of benzene rings is 1. The summed E-state index contributed by atoms with van der Waals surface area (Å²) in [5.41, 5.74) is 0.278. The third kappa shape index (κ3) is 4.62. The summed E-state index contributed by atoms with van der Waals surface area (Å²) in [5.74, 6) is -2.16. The van der Waals surface area contributed by atoms with Gasteiger partial charge in [0.05, 0.1) is 13.0 Å². The van der Waals surface area contributed by atoms with Crippen LogP contribution in [0, 0.1) is 11.7 Å². The Kier molecular flexibility index (Phi) is 5.95. The molecule has 0 spiro atoms. The topological polar surface area (TPSA) is 78.9 Å². The van der Waals surface area contributed by atoms with E-state index in [0.717, 1.165) is 6.07 Å². The number of aliphatic carboxylic acids is 1. The van der Waals surface area contributed by atoms with E-state index in [0.29, 0.717) is 6.54 Å². The number of hydrogen-bond acceptors (Lipinski definition) is 3. The number of carboxylic acids is 1. The second-order valence-corrected chi connectivity index (χ2v) is 4.56. The van der Waals surface area contributed by atoms with Crippen molar-refractivity contribution in [3.05, 3.63) is 24.0 Å². The van der Waals surface area contributed by atoms with Gasteiger partial charge in [0.15, 0.2) is 11.6 Å². The average molecular weight is 298 g/mol. The molecule has 1 aromatic rings. The van der Waals surface area contributed by atoms with E-state index in [9.17, 15) is 14.0 Å². The number of halogens is 1. The van der Waals surface area contributed by atoms with Gasteiger partial charge in [0.2, 0.25) is 0 Å². The summed E-state index contributed by atoms with van der Waals surface area (Å²) in [4.78, 5) is 24.2. The van der Waals surface area contributed by atoms with Crippen LogP contribution < -0.4 is 10.1 Å². The summed E-state index contributed by atoms with van der Waals surface area (Å²) in [5, 5.41) is 11.4. The summed E-state index contributed by atoms with van der Waals surface area (Å²) < 4.78 is 18.3. The van der Waals surface area contributed by atoms with Crippen molar-refractivity contribution in [2.24, 2.45) is 5.92 Å². The van der Waals surface area contributed by atoms with Crippen molar-refractivity contribution in [1.82, 2.24) is 4.90 Å². The Morgan fingerprint density at radius 2 is 2.14 bits per heavy atom. The van der Waals surface area contributed by atoms with Gasteiger partial charge >= 0.3 is 12.0 Å². The van der Waals surface area contributed by atoms with Crippen molar-refractivity contribution in [1.29, 1.82) is 0 Å². The molecule has 0 saturated heterocycles. The molecule has 2 N–H and O–H groups in total. The van der Waals surface area contributed by atoms with Crippen LogP contribution in [-0.4, -0.2) is 42.2 Å². The number of amides is 2. The average Bonchev–Trinajstić information content (AvgIpc) is 2.44. The molecular weight excluding hydrogens is 279 g/mol. The lowest BCUT2D eigenvalue weighted by Gasteiger charge is -2.23. The minimum absolute atomic E-state index is 0.0797. The molecule has 0 radical (unpaired) electrons. The molecule has 116 valence electrons. The zero-order valence-electron chi connectivity index (χ0n) is 12.2. The van der Waals surface area contributed by atoms with Crippen LogP contribution in [0.2, 0.25) is 0 Å². The molecule has 1 aromatic carbocycles. The summed E-state index contributed by atoms with van der Waals surface area (Å²) in [7, 11) is 1.35. The Balaban J connectivity index is 2.74. The molecule has 0 heterocycles. The molecular formula is C14H19FN2O4. The van der Waals surface area contributed by atoms with Crippen molar-refractivity contribution in [3.8, 4) is 5.75 Å². The Morgan fingerprint density at radius 1 is 1.48 bits per heavy atom. The lowest BCUT2D eigenvalue weighted by atomic mass is 10.2. The first-order chi connectivity index (χ1) is 9.88. The van der Waals surface area contributed by atoms with Gasteiger partial charge in [-0.05, 0) is 19.1 Å². The molecule has 0 aliphatic carbocycles. The van der Waals surface area contributed by atoms with Crippen LogP contribution in [0.3, 0.4) is 0 Å². The third-order valence-electron chi connectivity index (χ3n) is 2.99. The van der Waals surface area contributed by atoms with Crippen LogP contribution in [0.5, 0.6) is 5.75 Å². The molecule has 1 rings (SSSR count). The van der Waals surface area contributed by atoms with E-state index in [1.54, 1.807) is 6.92 Å². The molecule has 2 amide bonds. The van der Waals surface area contributed by atoms with E-state index in [1.165, 1.54) is 31.1 Å². The number of urea groups is 1. The van der Waals surface area contributed by atoms with Crippen LogP contribution in [0.4, 0.5) is 14.9 Å². The second kappa shape index (κ2) is 7.47. The zero-order chi connectivity index (χ0) is 16.0. The van der Waals surface area contributed by atoms with E-state index in [1.807, 2.05) is 0 Å². The van der Waals surface area contributed by atoms with Crippen LogP contribution in [0.1, 0.15) is 13.8 Å². The fourth-order valence-electron chi connectivity index (χ4n) is 1.71. The molecule has 0 aromatic heterocycles. The van der Waals surface area contributed by atoms with Crippen LogP contribution in [0.25, 0.3) is 0 Å². The maximum Gasteiger partial charge on any atom is 0.321 e. The summed E-state index contributed by atoms with van der Waals surface area (Å²) in [6.45, 7) is 3.69. The molecule has 0 aliphatic rings. The Bertz CT molecular complexity index is 522. The first-order valence-electron chi connectivity index (χ1n) is 6.51. The molecule has 1 atom stereocenters. The van der Waals surface area contributed by atoms with Crippen molar-refractivity contribution in [3.63, 3.8) is 0 Å². The van der Waals surface area contributed by atoms with Gasteiger partial charge in [-0.1, -0.05) is 6.92 Å². The fraction of sp³-hybridized carbons (Fsp3) is 0.429. The maximum absolute atomic E-state index is 13.5. The van der Waals surface area contributed by atoms with Gasteiger partial charge in [0.1, 0.15) is 0 Å². The summed E-state index contributed by atoms with van der Waals surface area (Å²) in [6, 6.07) is 3.58. The van der Waals surface area contributed by atoms with E-state index in [2.05, 4.69) is 5.32 Å². The Hall–Kier alpha value is -2.31. The smallest absolute Gasteiger partial charge is 0.321 e. The minimum Gasteiger partial charge on any atom is -0.494 e. The molecule has 0 saturated carbocycles. The number of carbonyl (C=O) groups is 2. The number of rotatable bonds is 6. The van der Waals surface area contributed by atoms with E-state index in [4.69, 9.17) is 9.84 Å². The largest absolute Gasteiger partial charge is 0.494 e. The van der Waals surface area contributed by atoms with Crippen LogP contribution in [-0.2, 0) is 4.79 Å². The number of methoxy groups -OCH3 is 1. The Morgan fingerprint density at radius 3 is 2.62 bits per heavy atom. The van der Waals surface area contributed by atoms with Crippen molar-refractivity contribution < 1.29 is 23.8 Å². The normalized spacial score (nSPS) is 11.6. The highest BCUT2D eigenvalue weighted by Gasteiger charge is 2.19. The van der Waals surface area contributed by atoms with Crippen molar-refractivity contribution in [2.45, 2.75) is 13.8 Å². The number of carboxylic acid groups (broad SMARTS) is 1. The number of carbonyl (C=O) groups excluding carboxylic acids is 1. The molecule has 7 heteroatoms. The summed E-state index contributed by atoms with van der Waals surface area (Å²) in [6.07, 6.45) is 0. The fourth-order valence-corrected chi connectivity index (χ4v) is 1.71. The molecule has 0 fully saturated rings. The maximum atomic E-state index is 13.5. The number of nitrogens with zero attached hydrogens (tertiary/aromatic N) is 1. The van der Waals surface area contributed by atoms with E-state index < -0.39 is 23.7 Å². The molecule has 0 bridgehead atoms. The first-order valence-corrected chi connectivity index (χ1v) is 6.51. The highest BCUT2D eigenvalue weighted by atomic mass is 19.1. The molecule has 21 heavy (non-hydrogen) atoms. The lowest BCUT2D eigenvalue weighted by molar-refractivity contribution is -0.141. The quantitative estimate of drug-likeness (QED) is 0.845. The predicted molar refractivity (Wildman–Crippen MR) is 76.0 cm³/mol. The highest BCUT2D eigenvalue weighted by Crippen LogP contribution is 2.20. The van der Waals surface area contributed by atoms with Gasteiger partial charge in [0.25, 0.3) is 0 Å². The van der Waals surface area contributed by atoms with E-state index in [-0.39, 0.29) is 18.0 Å². The van der Waals surface area contributed by atoms with Gasteiger partial charge in [-0.25, -0.2) is 9.18 Å². The predicted octanol–water partition coefficient (Wildman–Crippen LogP) is 2.41. The van der Waals surface area contributed by atoms with Gasteiger partial charge in [-0.15, -0.1) is 0 Å². The van der Waals surface area contributed by atoms with Crippen LogP contribution >= 0.6 is 0 Å². The van der Waals surface area contributed by atoms with Gasteiger partial charge in [-0.3, -0.25) is 4.79 Å². The first kappa shape index (κ1) is 16.7. The number of nitrogens with one attached hydrogen (secondary N) is 1. The SMILES string of the molecule is CCN(CC(C)C(=O)O)C(=O)Nc1ccc(OC)c(F)c1. The van der Waals surface area contributed by atoms with Crippen molar-refractivity contribution in [2.75, 3.05) is 25.5 Å².